The predicted molar refractivity (Wildman–Crippen MR) is 112 cm³/mol. The van der Waals surface area contributed by atoms with E-state index in [0.717, 1.165) is 74.1 Å². The van der Waals surface area contributed by atoms with Crippen LogP contribution >= 0.6 is 0 Å². The van der Waals surface area contributed by atoms with Gasteiger partial charge >= 0.3 is 0 Å². The summed E-state index contributed by atoms with van der Waals surface area (Å²) in [6.07, 6.45) is 0. The molecule has 2 N–H and O–H groups in total. The van der Waals surface area contributed by atoms with E-state index in [1.165, 1.54) is 0 Å². The number of morpholine rings is 1. The van der Waals surface area contributed by atoms with Crippen molar-refractivity contribution in [3.8, 4) is 11.5 Å². The van der Waals surface area contributed by atoms with Gasteiger partial charge in [-0.3, -0.25) is 4.90 Å². The molecule has 162 valence electrons. The summed E-state index contributed by atoms with van der Waals surface area (Å²) >= 11 is 0. The summed E-state index contributed by atoms with van der Waals surface area (Å²) in [4.78, 5) is 7.14. The average molecular weight is 415 g/mol. The lowest BCUT2D eigenvalue weighted by Gasteiger charge is -2.26. The molecule has 10 heteroatoms. The standard InChI is InChI=1S/C20H29N7O3/c1-15-24-25-19(26(15)2)13-23-20(21-5-6-27-7-9-28-10-8-27)22-12-16-3-4-17-18(11-16)30-14-29-17/h3-4,11H,5-10,12-14H2,1-2H3,(H2,21,22,23). The van der Waals surface area contributed by atoms with E-state index in [-0.39, 0.29) is 6.79 Å². The Morgan fingerprint density at radius 1 is 1.13 bits per heavy atom. The van der Waals surface area contributed by atoms with Crippen molar-refractivity contribution >= 4 is 5.96 Å². The maximum absolute atomic E-state index is 5.46. The third kappa shape index (κ3) is 5.19. The molecule has 30 heavy (non-hydrogen) atoms. The van der Waals surface area contributed by atoms with Crippen LogP contribution < -0.4 is 20.1 Å². The van der Waals surface area contributed by atoms with E-state index >= 15 is 0 Å². The van der Waals surface area contributed by atoms with E-state index in [0.29, 0.717) is 13.1 Å². The highest BCUT2D eigenvalue weighted by molar-refractivity contribution is 5.79. The molecule has 0 unspecified atom stereocenters. The molecule has 10 nitrogen and oxygen atoms in total. The van der Waals surface area contributed by atoms with Crippen LogP contribution in [0.15, 0.2) is 23.2 Å². The van der Waals surface area contributed by atoms with Gasteiger partial charge in [0.15, 0.2) is 23.3 Å². The van der Waals surface area contributed by atoms with Crippen molar-refractivity contribution in [3.05, 3.63) is 35.4 Å². The van der Waals surface area contributed by atoms with Gasteiger partial charge in [-0.1, -0.05) is 6.07 Å². The molecule has 1 fully saturated rings. The highest BCUT2D eigenvalue weighted by atomic mass is 16.7. The smallest absolute Gasteiger partial charge is 0.231 e. The number of nitrogens with one attached hydrogen (secondary N) is 2. The molecule has 0 amide bonds. The van der Waals surface area contributed by atoms with Crippen molar-refractivity contribution in [2.45, 2.75) is 20.0 Å². The van der Waals surface area contributed by atoms with Crippen LogP contribution in [0.2, 0.25) is 0 Å². The fraction of sp³-hybridized carbons (Fsp3) is 0.550. The minimum atomic E-state index is 0.273. The van der Waals surface area contributed by atoms with Crippen LogP contribution in [0.1, 0.15) is 17.2 Å². The lowest BCUT2D eigenvalue weighted by atomic mass is 10.2. The lowest BCUT2D eigenvalue weighted by Crippen LogP contribution is -2.44. The van der Waals surface area contributed by atoms with Crippen molar-refractivity contribution in [2.24, 2.45) is 12.0 Å². The molecule has 0 spiro atoms. The minimum absolute atomic E-state index is 0.273. The number of aliphatic imine (C=N–C) groups is 1. The topological polar surface area (TPSA) is 98.1 Å². The minimum Gasteiger partial charge on any atom is -0.454 e. The number of nitrogens with zero attached hydrogens (tertiary/aromatic N) is 5. The Morgan fingerprint density at radius 3 is 2.77 bits per heavy atom. The fourth-order valence-electron chi connectivity index (χ4n) is 3.31. The second-order valence-electron chi connectivity index (χ2n) is 7.31. The molecule has 3 heterocycles. The number of guanidine groups is 1. The van der Waals surface area contributed by atoms with Crippen LogP contribution in [0.4, 0.5) is 0 Å². The molecule has 1 saturated heterocycles. The summed E-state index contributed by atoms with van der Waals surface area (Å²) in [5, 5.41) is 15.1. The van der Waals surface area contributed by atoms with Crippen LogP contribution in [0.25, 0.3) is 0 Å². The molecule has 2 aliphatic rings. The van der Waals surface area contributed by atoms with Crippen molar-refractivity contribution in [1.82, 2.24) is 30.3 Å². The van der Waals surface area contributed by atoms with Gasteiger partial charge in [-0.25, -0.2) is 4.99 Å². The first-order valence-corrected chi connectivity index (χ1v) is 10.2. The molecule has 2 aromatic rings. The Morgan fingerprint density at radius 2 is 1.97 bits per heavy atom. The second-order valence-corrected chi connectivity index (χ2v) is 7.31. The zero-order chi connectivity index (χ0) is 20.8. The molecular weight excluding hydrogens is 386 g/mol. The normalized spacial score (nSPS) is 16.7. The van der Waals surface area contributed by atoms with Gasteiger partial charge in [0, 0.05) is 33.2 Å². The number of hydrogen-bond acceptors (Lipinski definition) is 7. The molecule has 0 radical (unpaired) electrons. The zero-order valence-electron chi connectivity index (χ0n) is 17.6. The van der Waals surface area contributed by atoms with Gasteiger partial charge in [0.2, 0.25) is 6.79 Å². The van der Waals surface area contributed by atoms with Crippen molar-refractivity contribution in [2.75, 3.05) is 46.2 Å². The van der Waals surface area contributed by atoms with Gasteiger partial charge in [0.1, 0.15) is 5.82 Å². The number of fused-ring (bicyclic) bond motifs is 1. The Hall–Kier alpha value is -2.85. The highest BCUT2D eigenvalue weighted by Gasteiger charge is 2.14. The highest BCUT2D eigenvalue weighted by Crippen LogP contribution is 2.32. The summed E-state index contributed by atoms with van der Waals surface area (Å²) < 4.78 is 18.2. The van der Waals surface area contributed by atoms with E-state index in [2.05, 4.69) is 25.7 Å². The molecule has 4 rings (SSSR count). The van der Waals surface area contributed by atoms with Crippen LogP contribution in [-0.2, 0) is 24.9 Å². The quantitative estimate of drug-likeness (QED) is 0.496. The first-order valence-electron chi connectivity index (χ1n) is 10.2. The van der Waals surface area contributed by atoms with Crippen LogP contribution in [0.3, 0.4) is 0 Å². The molecule has 0 atom stereocenters. The van der Waals surface area contributed by atoms with E-state index < -0.39 is 0 Å². The number of benzene rings is 1. The Labute approximate surface area is 176 Å². The molecule has 2 aliphatic heterocycles. The average Bonchev–Trinajstić information content (AvgIpc) is 3.37. The largest absolute Gasteiger partial charge is 0.454 e. The number of aromatic nitrogens is 3. The summed E-state index contributed by atoms with van der Waals surface area (Å²) in [7, 11) is 1.96. The molecule has 1 aromatic heterocycles. The van der Waals surface area contributed by atoms with Crippen molar-refractivity contribution in [3.63, 3.8) is 0 Å². The molecule has 0 bridgehead atoms. The van der Waals surface area contributed by atoms with Gasteiger partial charge in [0.25, 0.3) is 0 Å². The number of aryl methyl sites for hydroxylation is 1. The molecule has 0 saturated carbocycles. The third-order valence-corrected chi connectivity index (χ3v) is 5.28. The van der Waals surface area contributed by atoms with Crippen LogP contribution in [0, 0.1) is 6.92 Å². The molecular formula is C20H29N7O3. The number of ether oxygens (including phenoxy) is 3. The fourth-order valence-corrected chi connectivity index (χ4v) is 3.31. The summed E-state index contributed by atoms with van der Waals surface area (Å²) in [5.74, 6) is 4.03. The maximum Gasteiger partial charge on any atom is 0.231 e. The monoisotopic (exact) mass is 415 g/mol. The Bertz CT molecular complexity index is 877. The first-order chi connectivity index (χ1) is 14.7. The van der Waals surface area contributed by atoms with Crippen molar-refractivity contribution < 1.29 is 14.2 Å². The van der Waals surface area contributed by atoms with E-state index in [9.17, 15) is 0 Å². The number of rotatable bonds is 7. The van der Waals surface area contributed by atoms with Crippen LogP contribution in [-0.4, -0.2) is 71.8 Å². The van der Waals surface area contributed by atoms with E-state index in [1.807, 2.05) is 36.7 Å². The number of hydrogen-bond donors (Lipinski definition) is 2. The van der Waals surface area contributed by atoms with E-state index in [4.69, 9.17) is 19.2 Å². The van der Waals surface area contributed by atoms with Gasteiger partial charge < -0.3 is 29.4 Å². The first kappa shape index (κ1) is 20.4. The van der Waals surface area contributed by atoms with Gasteiger partial charge in [-0.05, 0) is 24.6 Å². The van der Waals surface area contributed by atoms with Crippen molar-refractivity contribution in [1.29, 1.82) is 0 Å². The lowest BCUT2D eigenvalue weighted by molar-refractivity contribution is 0.0389. The third-order valence-electron chi connectivity index (χ3n) is 5.28. The summed E-state index contributed by atoms with van der Waals surface area (Å²) in [6, 6.07) is 5.91. The summed E-state index contributed by atoms with van der Waals surface area (Å²) in [5.41, 5.74) is 1.06. The van der Waals surface area contributed by atoms with E-state index in [1.54, 1.807) is 0 Å². The Kier molecular flexibility index (Phi) is 6.65. The SMILES string of the molecule is Cc1nnc(CNC(=NCc2ccc3c(c2)OCO3)NCCN2CCOCC2)n1C. The molecule has 0 aliphatic carbocycles. The Balaban J connectivity index is 1.37. The second kappa shape index (κ2) is 9.77. The predicted octanol–water partition coefficient (Wildman–Crippen LogP) is 0.420. The maximum atomic E-state index is 5.46. The molecule has 1 aromatic carbocycles. The van der Waals surface area contributed by atoms with Gasteiger partial charge in [-0.15, -0.1) is 10.2 Å². The van der Waals surface area contributed by atoms with Gasteiger partial charge in [0.05, 0.1) is 26.3 Å². The zero-order valence-corrected chi connectivity index (χ0v) is 17.6. The van der Waals surface area contributed by atoms with Crippen LogP contribution in [0.5, 0.6) is 11.5 Å². The summed E-state index contributed by atoms with van der Waals surface area (Å²) in [6.45, 7) is 8.56. The van der Waals surface area contributed by atoms with Gasteiger partial charge in [-0.2, -0.15) is 0 Å².